The standard InChI is InChI=1S/2C4H9.C3H2NO.C3H7.Sn/c2*1-3-4-2;1-2-5-3-4-1;1-3-2;/h2*1,3-4H2,2H3;1-2H;1,3H2,2H3;. The van der Waals surface area contributed by atoms with Gasteiger partial charge in [0.25, 0.3) is 0 Å². The molecule has 3 heteroatoms. The predicted molar refractivity (Wildman–Crippen MR) is 76.4 cm³/mol. The summed E-state index contributed by atoms with van der Waals surface area (Å²) in [6, 6.07) is 0. The van der Waals surface area contributed by atoms with E-state index in [0.717, 1.165) is 0 Å². The molecule has 0 amide bonds. The Bertz CT molecular complexity index is 276. The van der Waals surface area contributed by atoms with Gasteiger partial charge in [0.15, 0.2) is 0 Å². The van der Waals surface area contributed by atoms with Gasteiger partial charge < -0.3 is 0 Å². The van der Waals surface area contributed by atoms with Gasteiger partial charge in [-0.1, -0.05) is 0 Å². The van der Waals surface area contributed by atoms with Crippen LogP contribution in [0.1, 0.15) is 52.9 Å². The molecule has 1 aromatic rings. The normalized spacial score (nSPS) is 11.9. The molecule has 0 aliphatic carbocycles. The molecular formula is C14H27NOSn. The minimum absolute atomic E-state index is 1.18. The van der Waals surface area contributed by atoms with Gasteiger partial charge in [-0.05, 0) is 0 Å². The Balaban J connectivity index is 2.84. The average Bonchev–Trinajstić information content (AvgIpc) is 2.87. The molecule has 1 heterocycles. The summed E-state index contributed by atoms with van der Waals surface area (Å²) >= 11 is -2.28. The zero-order valence-corrected chi connectivity index (χ0v) is 14.5. The fourth-order valence-electron chi connectivity index (χ4n) is 2.69. The van der Waals surface area contributed by atoms with Crippen LogP contribution in [0.2, 0.25) is 13.3 Å². The summed E-state index contributed by atoms with van der Waals surface area (Å²) in [5.74, 6) is 0. The molecule has 98 valence electrons. The van der Waals surface area contributed by atoms with Gasteiger partial charge in [-0.25, -0.2) is 0 Å². The van der Waals surface area contributed by atoms with Gasteiger partial charge in [-0.3, -0.25) is 0 Å². The van der Waals surface area contributed by atoms with Gasteiger partial charge in [0.1, 0.15) is 0 Å². The summed E-state index contributed by atoms with van der Waals surface area (Å²) in [6.07, 6.45) is 10.2. The first-order chi connectivity index (χ1) is 8.29. The second-order valence-electron chi connectivity index (χ2n) is 5.07. The molecule has 0 aliphatic rings. The summed E-state index contributed by atoms with van der Waals surface area (Å²) in [5.41, 5.74) is 0. The Morgan fingerprint density at radius 3 is 2.06 bits per heavy atom. The Kier molecular flexibility index (Phi) is 7.24. The van der Waals surface area contributed by atoms with Crippen molar-refractivity contribution in [3.05, 3.63) is 12.5 Å². The molecular weight excluding hydrogens is 317 g/mol. The number of unbranched alkanes of at least 4 members (excludes halogenated alkanes) is 2. The maximum atomic E-state index is 5.73. The third kappa shape index (κ3) is 4.31. The van der Waals surface area contributed by atoms with E-state index >= 15 is 0 Å². The molecule has 0 aromatic carbocycles. The second kappa shape index (κ2) is 8.17. The van der Waals surface area contributed by atoms with Crippen molar-refractivity contribution in [1.82, 2.24) is 4.98 Å². The van der Waals surface area contributed by atoms with Crippen LogP contribution in [-0.2, 0) is 0 Å². The molecule has 0 saturated heterocycles. The van der Waals surface area contributed by atoms with Gasteiger partial charge in [0.05, 0.1) is 0 Å². The topological polar surface area (TPSA) is 26.0 Å². The Morgan fingerprint density at radius 1 is 1.00 bits per heavy atom. The fourth-order valence-corrected chi connectivity index (χ4v) is 17.2. The van der Waals surface area contributed by atoms with Gasteiger partial charge in [0, 0.05) is 0 Å². The molecule has 0 aliphatic heterocycles. The van der Waals surface area contributed by atoms with E-state index in [0.29, 0.717) is 0 Å². The summed E-state index contributed by atoms with van der Waals surface area (Å²) < 4.78 is 11.2. The average molecular weight is 344 g/mol. The van der Waals surface area contributed by atoms with E-state index in [-0.39, 0.29) is 0 Å². The SMILES string of the molecule is CCC[CH2][Sn]([CH2]CC)([CH2]CCC)[c]1ncco1. The number of hydrogen-bond donors (Lipinski definition) is 0. The second-order valence-corrected chi connectivity index (χ2v) is 17.9. The minimum atomic E-state index is -2.28. The van der Waals surface area contributed by atoms with E-state index in [1.165, 1.54) is 49.3 Å². The summed E-state index contributed by atoms with van der Waals surface area (Å²) in [6.45, 7) is 6.89. The van der Waals surface area contributed by atoms with Gasteiger partial charge in [-0.2, -0.15) is 0 Å². The first kappa shape index (κ1) is 15.1. The zero-order chi connectivity index (χ0) is 12.6. The van der Waals surface area contributed by atoms with Crippen molar-refractivity contribution in [3.8, 4) is 0 Å². The molecule has 17 heavy (non-hydrogen) atoms. The molecule has 0 N–H and O–H groups in total. The van der Waals surface area contributed by atoms with Crippen LogP contribution in [0.3, 0.4) is 0 Å². The molecule has 0 unspecified atom stereocenters. The van der Waals surface area contributed by atoms with Crippen LogP contribution >= 0.6 is 0 Å². The molecule has 0 bridgehead atoms. The summed E-state index contributed by atoms with van der Waals surface area (Å²) in [7, 11) is 0. The van der Waals surface area contributed by atoms with Crippen LogP contribution < -0.4 is 3.91 Å². The van der Waals surface area contributed by atoms with Crippen molar-refractivity contribution in [2.75, 3.05) is 0 Å². The molecule has 0 saturated carbocycles. The fraction of sp³-hybridized carbons (Fsp3) is 0.786. The number of aromatic nitrogens is 1. The van der Waals surface area contributed by atoms with Crippen LogP contribution in [0.25, 0.3) is 0 Å². The quantitative estimate of drug-likeness (QED) is 0.623. The van der Waals surface area contributed by atoms with Crippen LogP contribution in [0.15, 0.2) is 16.9 Å². The predicted octanol–water partition coefficient (Wildman–Crippen LogP) is 4.34. The van der Waals surface area contributed by atoms with Crippen LogP contribution in [0.5, 0.6) is 0 Å². The molecule has 0 atom stereocenters. The van der Waals surface area contributed by atoms with E-state index in [1.807, 2.05) is 6.20 Å². The van der Waals surface area contributed by atoms with Crippen LogP contribution in [0.4, 0.5) is 0 Å². The van der Waals surface area contributed by atoms with Crippen molar-refractivity contribution < 1.29 is 4.42 Å². The number of nitrogens with zero attached hydrogens (tertiary/aromatic N) is 1. The molecule has 0 fully saturated rings. The van der Waals surface area contributed by atoms with E-state index in [4.69, 9.17) is 4.42 Å². The third-order valence-electron chi connectivity index (χ3n) is 3.63. The van der Waals surface area contributed by atoms with E-state index in [2.05, 4.69) is 25.8 Å². The maximum absolute atomic E-state index is 5.73. The Hall–Kier alpha value is 0.00870. The van der Waals surface area contributed by atoms with E-state index < -0.39 is 18.4 Å². The van der Waals surface area contributed by atoms with Gasteiger partial charge in [-0.15, -0.1) is 0 Å². The monoisotopic (exact) mass is 345 g/mol. The Labute approximate surface area is 110 Å². The van der Waals surface area contributed by atoms with Crippen molar-refractivity contribution in [3.63, 3.8) is 0 Å². The first-order valence-corrected chi connectivity index (χ1v) is 14.7. The third-order valence-corrected chi connectivity index (χ3v) is 18.6. The van der Waals surface area contributed by atoms with Crippen LogP contribution in [-0.4, -0.2) is 23.4 Å². The molecule has 0 spiro atoms. The van der Waals surface area contributed by atoms with Crippen molar-refractivity contribution in [2.24, 2.45) is 0 Å². The first-order valence-electron chi connectivity index (χ1n) is 7.19. The van der Waals surface area contributed by atoms with Crippen molar-refractivity contribution in [1.29, 1.82) is 0 Å². The molecule has 1 rings (SSSR count). The Morgan fingerprint density at radius 2 is 1.65 bits per heavy atom. The summed E-state index contributed by atoms with van der Waals surface area (Å²) in [4.78, 5) is 4.54. The number of oxazole rings is 1. The molecule has 2 nitrogen and oxygen atoms in total. The molecule has 0 radical (unpaired) electrons. The van der Waals surface area contributed by atoms with Crippen LogP contribution in [0, 0.1) is 0 Å². The number of rotatable bonds is 9. The van der Waals surface area contributed by atoms with E-state index in [1.54, 1.807) is 6.26 Å². The number of hydrogen-bond acceptors (Lipinski definition) is 2. The molecule has 1 aromatic heterocycles. The van der Waals surface area contributed by atoms with Crippen molar-refractivity contribution in [2.45, 2.75) is 66.2 Å². The van der Waals surface area contributed by atoms with Gasteiger partial charge >= 0.3 is 110 Å². The summed E-state index contributed by atoms with van der Waals surface area (Å²) in [5, 5.41) is 0. The van der Waals surface area contributed by atoms with E-state index in [9.17, 15) is 0 Å². The zero-order valence-electron chi connectivity index (χ0n) is 11.7. The van der Waals surface area contributed by atoms with Crippen molar-refractivity contribution >= 4 is 22.3 Å². The van der Waals surface area contributed by atoms with Gasteiger partial charge in [0.2, 0.25) is 0 Å².